The fourth-order valence-corrected chi connectivity index (χ4v) is 3.60. The van der Waals surface area contributed by atoms with Crippen LogP contribution in [0.1, 0.15) is 12.5 Å². The second kappa shape index (κ2) is 7.58. The molecule has 1 N–H and O–H groups in total. The molecule has 1 atom stereocenters. The van der Waals surface area contributed by atoms with E-state index in [1.165, 1.54) is 0 Å². The van der Waals surface area contributed by atoms with Crippen LogP contribution in [0.2, 0.25) is 0 Å². The summed E-state index contributed by atoms with van der Waals surface area (Å²) in [6.45, 7) is 5.19. The van der Waals surface area contributed by atoms with Gasteiger partial charge in [-0.15, -0.1) is 0 Å². The number of halogens is 1. The SMILES string of the molecule is Cc1ccc(NC(=O)C(C)N2CCOc3cc(N(C)C)ccc32)c(Br)c1. The zero-order valence-corrected chi connectivity index (χ0v) is 17.1. The number of carbonyl (C=O) groups excluding carboxylic acids is 1. The lowest BCUT2D eigenvalue weighted by Gasteiger charge is -2.35. The van der Waals surface area contributed by atoms with Gasteiger partial charge in [0.1, 0.15) is 18.4 Å². The van der Waals surface area contributed by atoms with Crippen molar-refractivity contribution in [1.82, 2.24) is 0 Å². The standard InChI is InChI=1S/C20H24BrN3O2/c1-13-5-7-17(16(21)11-13)22-20(25)14(2)24-9-10-26-19-12-15(23(3)4)6-8-18(19)24/h5-8,11-12,14H,9-10H2,1-4H3,(H,22,25). The Morgan fingerprint density at radius 1 is 1.27 bits per heavy atom. The molecule has 3 rings (SSSR count). The fourth-order valence-electron chi connectivity index (χ4n) is 3.01. The Kier molecular flexibility index (Phi) is 5.41. The highest BCUT2D eigenvalue weighted by Crippen LogP contribution is 2.36. The van der Waals surface area contributed by atoms with Gasteiger partial charge in [0.2, 0.25) is 5.91 Å². The maximum Gasteiger partial charge on any atom is 0.246 e. The molecular weight excluding hydrogens is 394 g/mol. The summed E-state index contributed by atoms with van der Waals surface area (Å²) in [5.41, 5.74) is 3.95. The molecule has 1 heterocycles. The predicted octanol–water partition coefficient (Wildman–Crippen LogP) is 4.05. The average molecular weight is 418 g/mol. The number of anilines is 3. The number of hydrogen-bond donors (Lipinski definition) is 1. The molecule has 0 aromatic heterocycles. The number of benzene rings is 2. The van der Waals surface area contributed by atoms with E-state index in [-0.39, 0.29) is 11.9 Å². The van der Waals surface area contributed by atoms with Crippen LogP contribution in [0.15, 0.2) is 40.9 Å². The minimum absolute atomic E-state index is 0.0425. The summed E-state index contributed by atoms with van der Waals surface area (Å²) < 4.78 is 6.70. The number of aryl methyl sites for hydroxylation is 1. The molecule has 0 saturated carbocycles. The van der Waals surface area contributed by atoms with Gasteiger partial charge < -0.3 is 19.9 Å². The van der Waals surface area contributed by atoms with E-state index < -0.39 is 0 Å². The summed E-state index contributed by atoms with van der Waals surface area (Å²) >= 11 is 3.52. The molecule has 138 valence electrons. The van der Waals surface area contributed by atoms with Gasteiger partial charge in [0.15, 0.2) is 0 Å². The molecule has 1 aliphatic rings. The first-order chi connectivity index (χ1) is 12.4. The van der Waals surface area contributed by atoms with Gasteiger partial charge in [0.25, 0.3) is 0 Å². The number of ether oxygens (including phenoxy) is 1. The van der Waals surface area contributed by atoms with E-state index >= 15 is 0 Å². The lowest BCUT2D eigenvalue weighted by Crippen LogP contribution is -2.46. The van der Waals surface area contributed by atoms with Crippen molar-refractivity contribution in [2.24, 2.45) is 0 Å². The molecule has 0 aliphatic carbocycles. The summed E-state index contributed by atoms with van der Waals surface area (Å²) in [6, 6.07) is 11.7. The minimum Gasteiger partial charge on any atom is -0.489 e. The maximum atomic E-state index is 12.8. The summed E-state index contributed by atoms with van der Waals surface area (Å²) in [4.78, 5) is 16.9. The van der Waals surface area contributed by atoms with Crippen molar-refractivity contribution in [2.75, 3.05) is 42.4 Å². The van der Waals surface area contributed by atoms with Crippen LogP contribution in [-0.4, -0.2) is 39.2 Å². The summed E-state index contributed by atoms with van der Waals surface area (Å²) in [5, 5.41) is 3.02. The van der Waals surface area contributed by atoms with E-state index in [4.69, 9.17) is 4.74 Å². The molecule has 2 aromatic carbocycles. The summed E-state index contributed by atoms with van der Waals surface area (Å²) in [7, 11) is 4.00. The van der Waals surface area contributed by atoms with E-state index in [2.05, 4.69) is 26.1 Å². The third-order valence-electron chi connectivity index (χ3n) is 4.59. The lowest BCUT2D eigenvalue weighted by molar-refractivity contribution is -0.117. The zero-order valence-electron chi connectivity index (χ0n) is 15.5. The van der Waals surface area contributed by atoms with Crippen molar-refractivity contribution in [3.05, 3.63) is 46.4 Å². The van der Waals surface area contributed by atoms with Gasteiger partial charge in [-0.1, -0.05) is 6.07 Å². The Morgan fingerprint density at radius 3 is 2.73 bits per heavy atom. The molecule has 26 heavy (non-hydrogen) atoms. The van der Waals surface area contributed by atoms with E-state index in [0.29, 0.717) is 13.2 Å². The van der Waals surface area contributed by atoms with Crippen molar-refractivity contribution in [1.29, 1.82) is 0 Å². The van der Waals surface area contributed by atoms with Crippen LogP contribution in [-0.2, 0) is 4.79 Å². The normalized spacial score (nSPS) is 14.3. The monoisotopic (exact) mass is 417 g/mol. The van der Waals surface area contributed by atoms with Crippen molar-refractivity contribution in [3.63, 3.8) is 0 Å². The van der Waals surface area contributed by atoms with Gasteiger partial charge in [-0.3, -0.25) is 4.79 Å². The summed E-state index contributed by atoms with van der Waals surface area (Å²) in [5.74, 6) is 0.776. The molecule has 1 aliphatic heterocycles. The molecule has 0 fully saturated rings. The highest BCUT2D eigenvalue weighted by molar-refractivity contribution is 9.10. The lowest BCUT2D eigenvalue weighted by atomic mass is 10.1. The molecule has 0 radical (unpaired) electrons. The Hall–Kier alpha value is -2.21. The predicted molar refractivity (Wildman–Crippen MR) is 111 cm³/mol. The van der Waals surface area contributed by atoms with Gasteiger partial charge in [-0.05, 0) is 59.6 Å². The van der Waals surface area contributed by atoms with Crippen molar-refractivity contribution < 1.29 is 9.53 Å². The number of hydrogen-bond acceptors (Lipinski definition) is 4. The highest BCUT2D eigenvalue weighted by Gasteiger charge is 2.27. The number of nitrogens with zero attached hydrogens (tertiary/aromatic N) is 2. The van der Waals surface area contributed by atoms with Gasteiger partial charge in [-0.2, -0.15) is 0 Å². The molecule has 5 nitrogen and oxygen atoms in total. The quantitative estimate of drug-likeness (QED) is 0.814. The number of carbonyl (C=O) groups is 1. The smallest absolute Gasteiger partial charge is 0.246 e. The van der Waals surface area contributed by atoms with Crippen LogP contribution in [0, 0.1) is 6.92 Å². The average Bonchev–Trinajstić information content (AvgIpc) is 2.62. The van der Waals surface area contributed by atoms with Gasteiger partial charge in [-0.25, -0.2) is 0 Å². The first-order valence-corrected chi connectivity index (χ1v) is 9.44. The molecule has 0 bridgehead atoms. The highest BCUT2D eigenvalue weighted by atomic mass is 79.9. The molecule has 0 spiro atoms. The van der Waals surface area contributed by atoms with Gasteiger partial charge in [0.05, 0.1) is 17.9 Å². The van der Waals surface area contributed by atoms with Crippen LogP contribution in [0.25, 0.3) is 0 Å². The molecular formula is C20H24BrN3O2. The van der Waals surface area contributed by atoms with Crippen LogP contribution in [0.3, 0.4) is 0 Å². The largest absolute Gasteiger partial charge is 0.489 e. The van der Waals surface area contributed by atoms with E-state index in [0.717, 1.165) is 32.8 Å². The first kappa shape index (κ1) is 18.6. The van der Waals surface area contributed by atoms with E-state index in [9.17, 15) is 4.79 Å². The second-order valence-corrected chi connectivity index (χ2v) is 7.59. The summed E-state index contributed by atoms with van der Waals surface area (Å²) in [6.07, 6.45) is 0. The van der Waals surface area contributed by atoms with Gasteiger partial charge >= 0.3 is 0 Å². The van der Waals surface area contributed by atoms with Crippen LogP contribution in [0.4, 0.5) is 17.1 Å². The van der Waals surface area contributed by atoms with Crippen molar-refractivity contribution >= 4 is 38.9 Å². The Balaban J connectivity index is 1.80. The second-order valence-electron chi connectivity index (χ2n) is 6.74. The van der Waals surface area contributed by atoms with Crippen LogP contribution < -0.4 is 19.9 Å². The van der Waals surface area contributed by atoms with E-state index in [1.807, 2.05) is 69.2 Å². The molecule has 1 unspecified atom stereocenters. The number of nitrogens with one attached hydrogen (secondary N) is 1. The molecule has 0 saturated heterocycles. The molecule has 1 amide bonds. The topological polar surface area (TPSA) is 44.8 Å². The third kappa shape index (κ3) is 3.80. The first-order valence-electron chi connectivity index (χ1n) is 8.64. The van der Waals surface area contributed by atoms with Crippen molar-refractivity contribution in [3.8, 4) is 5.75 Å². The van der Waals surface area contributed by atoms with Crippen LogP contribution in [0.5, 0.6) is 5.75 Å². The fraction of sp³-hybridized carbons (Fsp3) is 0.350. The van der Waals surface area contributed by atoms with Crippen LogP contribution >= 0.6 is 15.9 Å². The van der Waals surface area contributed by atoms with Gasteiger partial charge in [0, 0.05) is 30.3 Å². The Labute approximate surface area is 163 Å². The zero-order chi connectivity index (χ0) is 18.8. The third-order valence-corrected chi connectivity index (χ3v) is 5.24. The number of rotatable bonds is 4. The van der Waals surface area contributed by atoms with E-state index in [1.54, 1.807) is 0 Å². The Bertz CT molecular complexity index is 823. The minimum atomic E-state index is -0.309. The van der Waals surface area contributed by atoms with Crippen molar-refractivity contribution in [2.45, 2.75) is 19.9 Å². The molecule has 2 aromatic rings. The number of fused-ring (bicyclic) bond motifs is 1. The molecule has 6 heteroatoms. The number of amides is 1. The maximum absolute atomic E-state index is 12.8. The Morgan fingerprint density at radius 2 is 2.04 bits per heavy atom.